The van der Waals surface area contributed by atoms with Gasteiger partial charge < -0.3 is 24.4 Å². The van der Waals surface area contributed by atoms with Crippen molar-refractivity contribution in [1.29, 1.82) is 0 Å². The molecule has 0 bridgehead atoms. The van der Waals surface area contributed by atoms with Gasteiger partial charge in [0.15, 0.2) is 11.8 Å². The highest BCUT2D eigenvalue weighted by molar-refractivity contribution is 7.93. The number of piperazine rings is 1. The fourth-order valence-electron chi connectivity index (χ4n) is 6.86. The Morgan fingerprint density at radius 2 is 1.71 bits per heavy atom. The van der Waals surface area contributed by atoms with Crippen molar-refractivity contribution in [2.24, 2.45) is 0 Å². The average molecular weight is 698 g/mol. The minimum Gasteiger partial charge on any atom is -0.497 e. The smallest absolute Gasteiger partial charge is 0.410 e. The highest BCUT2D eigenvalue weighted by Gasteiger charge is 2.63. The number of fused-ring (bicyclic) bond motifs is 1. The van der Waals surface area contributed by atoms with E-state index in [1.807, 2.05) is 18.2 Å². The number of sulfonamides is 1. The first kappa shape index (κ1) is 34.0. The highest BCUT2D eigenvalue weighted by atomic mass is 35.5. The van der Waals surface area contributed by atoms with E-state index in [0.29, 0.717) is 53.6 Å². The molecule has 3 aliphatic rings. The maximum absolute atomic E-state index is 15.4. The molecular weight excluding hydrogens is 658 g/mol. The minimum absolute atomic E-state index is 0.0938. The van der Waals surface area contributed by atoms with Crippen LogP contribution in [0.5, 0.6) is 11.5 Å². The first-order chi connectivity index (χ1) is 23.0. The molecule has 1 N–H and O–H groups in total. The first-order valence-corrected chi connectivity index (χ1v) is 17.6. The van der Waals surface area contributed by atoms with Crippen LogP contribution in [0.2, 0.25) is 5.02 Å². The van der Waals surface area contributed by atoms with Crippen molar-refractivity contribution in [2.45, 2.75) is 36.0 Å². The van der Waals surface area contributed by atoms with Gasteiger partial charge in [-0.25, -0.2) is 22.4 Å². The second kappa shape index (κ2) is 13.6. The molecule has 0 radical (unpaired) electrons. The standard InChI is InChI=1S/C34H40ClN5O7S/c1-37(2)33(42)47-31-6-5-17-39(31)34(27-13-7-23(20-30(27)46-4)22-38-18-15-36-16-19-38)28-21-24(35)8-14-29(28)40(32(34)41)48(43,44)26-11-9-25(45-3)10-12-26/h7-14,20-21,31,36H,5-6,15-19,22H2,1-4H3/t31-,34?/m0/s1. The van der Waals surface area contributed by atoms with Crippen LogP contribution in [0.15, 0.2) is 65.6 Å². The molecule has 0 saturated carbocycles. The maximum atomic E-state index is 15.4. The number of likely N-dealkylation sites (tertiary alicyclic amines) is 1. The summed E-state index contributed by atoms with van der Waals surface area (Å²) in [6, 6.07) is 16.2. The van der Waals surface area contributed by atoms with Crippen LogP contribution in [0.3, 0.4) is 0 Å². The molecule has 6 rings (SSSR count). The number of nitrogens with one attached hydrogen (secondary N) is 1. The molecule has 0 aromatic heterocycles. The van der Waals surface area contributed by atoms with E-state index in [-0.39, 0.29) is 10.6 Å². The summed E-state index contributed by atoms with van der Waals surface area (Å²) in [7, 11) is 1.71. The summed E-state index contributed by atoms with van der Waals surface area (Å²) in [5, 5.41) is 3.67. The van der Waals surface area contributed by atoms with Crippen molar-refractivity contribution in [1.82, 2.24) is 20.0 Å². The van der Waals surface area contributed by atoms with Crippen LogP contribution in [0.4, 0.5) is 10.5 Å². The van der Waals surface area contributed by atoms with E-state index < -0.39 is 33.8 Å². The molecule has 3 aromatic rings. The summed E-state index contributed by atoms with van der Waals surface area (Å²) in [4.78, 5) is 33.6. The van der Waals surface area contributed by atoms with Gasteiger partial charge in [-0.05, 0) is 66.9 Å². The molecule has 48 heavy (non-hydrogen) atoms. The number of ether oxygens (including phenoxy) is 3. The number of rotatable bonds is 9. The zero-order valence-electron chi connectivity index (χ0n) is 27.4. The molecule has 14 heteroatoms. The lowest BCUT2D eigenvalue weighted by molar-refractivity contribution is -0.132. The molecule has 2 fully saturated rings. The Morgan fingerprint density at radius 3 is 2.38 bits per heavy atom. The number of halogens is 1. The van der Waals surface area contributed by atoms with Crippen LogP contribution in [-0.2, 0) is 31.6 Å². The van der Waals surface area contributed by atoms with Crippen LogP contribution in [0, 0.1) is 0 Å². The van der Waals surface area contributed by atoms with Gasteiger partial charge in [0.2, 0.25) is 0 Å². The SMILES string of the molecule is COc1ccc(S(=O)(=O)N2C(=O)C(c3ccc(CN4CCNCC4)cc3OC)(N3CCC[C@@H]3OC(=O)N(C)C)c3cc(Cl)ccc32)cc1. The maximum Gasteiger partial charge on any atom is 0.410 e. The first-order valence-electron chi connectivity index (χ1n) is 15.8. The zero-order valence-corrected chi connectivity index (χ0v) is 29.0. The van der Waals surface area contributed by atoms with Gasteiger partial charge in [-0.15, -0.1) is 0 Å². The minimum atomic E-state index is -4.46. The Balaban J connectivity index is 1.57. The quantitative estimate of drug-likeness (QED) is 0.353. The van der Waals surface area contributed by atoms with E-state index in [9.17, 15) is 13.2 Å². The Morgan fingerprint density at radius 1 is 0.979 bits per heavy atom. The second-order valence-electron chi connectivity index (χ2n) is 12.3. The van der Waals surface area contributed by atoms with Gasteiger partial charge >= 0.3 is 6.09 Å². The fourth-order valence-corrected chi connectivity index (χ4v) is 8.49. The lowest BCUT2D eigenvalue weighted by atomic mass is 9.81. The van der Waals surface area contributed by atoms with E-state index in [4.69, 9.17) is 25.8 Å². The summed E-state index contributed by atoms with van der Waals surface area (Å²) in [5.41, 5.74) is 0.105. The Kier molecular flexibility index (Phi) is 9.60. The van der Waals surface area contributed by atoms with Crippen molar-refractivity contribution in [3.05, 3.63) is 82.4 Å². The van der Waals surface area contributed by atoms with Crippen LogP contribution in [-0.4, -0.2) is 102 Å². The summed E-state index contributed by atoms with van der Waals surface area (Å²) < 4.78 is 47.0. The molecule has 256 valence electrons. The molecule has 0 aliphatic carbocycles. The second-order valence-corrected chi connectivity index (χ2v) is 14.5. The average Bonchev–Trinajstić information content (AvgIpc) is 3.64. The van der Waals surface area contributed by atoms with Crippen molar-refractivity contribution >= 4 is 39.3 Å². The van der Waals surface area contributed by atoms with E-state index >= 15 is 4.79 Å². The highest BCUT2D eigenvalue weighted by Crippen LogP contribution is 2.55. The lowest BCUT2D eigenvalue weighted by Gasteiger charge is -2.41. The normalized spacial score (nSPS) is 21.6. The molecule has 3 heterocycles. The van der Waals surface area contributed by atoms with Crippen molar-refractivity contribution in [3.8, 4) is 11.5 Å². The Bertz CT molecular complexity index is 1800. The summed E-state index contributed by atoms with van der Waals surface area (Å²) in [5.74, 6) is 0.114. The zero-order chi connectivity index (χ0) is 34.2. The molecule has 2 saturated heterocycles. The molecule has 1 unspecified atom stereocenters. The largest absolute Gasteiger partial charge is 0.497 e. The summed E-state index contributed by atoms with van der Waals surface area (Å²) in [6.45, 7) is 4.57. The third-order valence-electron chi connectivity index (χ3n) is 9.16. The molecule has 2 amide bonds. The number of carbonyl (C=O) groups is 2. The van der Waals surface area contributed by atoms with Crippen molar-refractivity contribution < 1.29 is 32.2 Å². The van der Waals surface area contributed by atoms with Gasteiger partial charge in [-0.1, -0.05) is 23.7 Å². The topological polar surface area (TPSA) is 121 Å². The Labute approximate surface area is 286 Å². The van der Waals surface area contributed by atoms with Gasteiger partial charge in [-0.3, -0.25) is 9.69 Å². The van der Waals surface area contributed by atoms with Gasteiger partial charge in [0, 0.05) is 69.5 Å². The van der Waals surface area contributed by atoms with Crippen LogP contribution in [0.1, 0.15) is 29.5 Å². The fraction of sp³-hybridized carbons (Fsp3) is 0.412. The predicted octanol–water partition coefficient (Wildman–Crippen LogP) is 3.86. The number of benzene rings is 3. The number of amides is 2. The van der Waals surface area contributed by atoms with Crippen LogP contribution in [0.25, 0.3) is 0 Å². The molecule has 12 nitrogen and oxygen atoms in total. The third-order valence-corrected chi connectivity index (χ3v) is 11.1. The summed E-state index contributed by atoms with van der Waals surface area (Å²) in [6.07, 6.45) is -0.422. The van der Waals surface area contributed by atoms with Crippen LogP contribution < -0.4 is 19.1 Å². The van der Waals surface area contributed by atoms with Gasteiger partial charge in [0.05, 0.1) is 24.8 Å². The number of hydrogen-bond donors (Lipinski definition) is 1. The number of carbonyl (C=O) groups excluding carboxylic acids is 2. The summed E-state index contributed by atoms with van der Waals surface area (Å²) >= 11 is 6.63. The predicted molar refractivity (Wildman–Crippen MR) is 181 cm³/mol. The number of nitrogens with zero attached hydrogens (tertiary/aromatic N) is 4. The van der Waals surface area contributed by atoms with E-state index in [1.54, 1.807) is 37.2 Å². The molecule has 3 aliphatic heterocycles. The molecule has 2 atom stereocenters. The van der Waals surface area contributed by atoms with Crippen molar-refractivity contribution in [3.63, 3.8) is 0 Å². The lowest BCUT2D eigenvalue weighted by Crippen LogP contribution is -2.57. The third kappa shape index (κ3) is 5.87. The van der Waals surface area contributed by atoms with E-state index in [0.717, 1.165) is 36.0 Å². The van der Waals surface area contributed by atoms with Gasteiger partial charge in [0.25, 0.3) is 15.9 Å². The number of anilines is 1. The number of hydrogen-bond acceptors (Lipinski definition) is 10. The molecule has 3 aromatic carbocycles. The van der Waals surface area contributed by atoms with Crippen LogP contribution >= 0.6 is 11.6 Å². The van der Waals surface area contributed by atoms with E-state index in [2.05, 4.69) is 10.2 Å². The van der Waals surface area contributed by atoms with Gasteiger partial charge in [0.1, 0.15) is 11.5 Å². The van der Waals surface area contributed by atoms with Gasteiger partial charge in [-0.2, -0.15) is 0 Å². The monoisotopic (exact) mass is 697 g/mol. The number of methoxy groups -OCH3 is 2. The molecule has 0 spiro atoms. The Hall–Kier alpha value is -3.88. The van der Waals surface area contributed by atoms with Crippen molar-refractivity contribution in [2.75, 3.05) is 65.3 Å². The molecular formula is C34H40ClN5O7S. The van der Waals surface area contributed by atoms with E-state index in [1.165, 1.54) is 43.4 Å².